The lowest BCUT2D eigenvalue weighted by Gasteiger charge is -2.31. The SMILES string of the molecule is CC(C)C(CNC(=O)C1CCCN(C(N)=O)C1)C(=O)O. The topological polar surface area (TPSA) is 113 Å². The van der Waals surface area contributed by atoms with Gasteiger partial charge in [0, 0.05) is 19.6 Å². The van der Waals surface area contributed by atoms with Crippen LogP contribution in [0.1, 0.15) is 26.7 Å². The van der Waals surface area contributed by atoms with E-state index in [4.69, 9.17) is 10.8 Å². The smallest absolute Gasteiger partial charge is 0.314 e. The second-order valence-corrected chi connectivity index (χ2v) is 5.56. The molecule has 1 aliphatic heterocycles. The van der Waals surface area contributed by atoms with Gasteiger partial charge in [-0.25, -0.2) is 4.79 Å². The predicted molar refractivity (Wildman–Crippen MR) is 72.9 cm³/mol. The number of nitrogens with one attached hydrogen (secondary N) is 1. The quantitative estimate of drug-likeness (QED) is 0.672. The van der Waals surface area contributed by atoms with E-state index in [1.807, 2.05) is 0 Å². The van der Waals surface area contributed by atoms with E-state index >= 15 is 0 Å². The van der Waals surface area contributed by atoms with E-state index in [1.165, 1.54) is 4.90 Å². The van der Waals surface area contributed by atoms with Crippen LogP contribution in [0.4, 0.5) is 4.79 Å². The Balaban J connectivity index is 2.50. The minimum atomic E-state index is -0.914. The molecule has 1 rings (SSSR count). The molecule has 1 saturated heterocycles. The highest BCUT2D eigenvalue weighted by atomic mass is 16.4. The van der Waals surface area contributed by atoms with Crippen molar-refractivity contribution < 1.29 is 19.5 Å². The number of likely N-dealkylation sites (tertiary alicyclic amines) is 1. The van der Waals surface area contributed by atoms with E-state index in [9.17, 15) is 14.4 Å². The maximum absolute atomic E-state index is 12.0. The van der Waals surface area contributed by atoms with Crippen LogP contribution in [0.3, 0.4) is 0 Å². The molecule has 114 valence electrons. The summed E-state index contributed by atoms with van der Waals surface area (Å²) in [5.74, 6) is -2.08. The fourth-order valence-electron chi connectivity index (χ4n) is 2.35. The molecular weight excluding hydrogens is 262 g/mol. The van der Waals surface area contributed by atoms with Crippen LogP contribution in [0.5, 0.6) is 0 Å². The molecule has 2 unspecified atom stereocenters. The third kappa shape index (κ3) is 4.40. The Morgan fingerprint density at radius 1 is 1.40 bits per heavy atom. The summed E-state index contributed by atoms with van der Waals surface area (Å²) in [4.78, 5) is 35.6. The first-order valence-corrected chi connectivity index (χ1v) is 6.87. The zero-order valence-electron chi connectivity index (χ0n) is 12.0. The second-order valence-electron chi connectivity index (χ2n) is 5.56. The van der Waals surface area contributed by atoms with Gasteiger partial charge in [-0.15, -0.1) is 0 Å². The Bertz CT molecular complexity index is 384. The lowest BCUT2D eigenvalue weighted by Crippen LogP contribution is -2.48. The van der Waals surface area contributed by atoms with Crippen molar-refractivity contribution in [3.63, 3.8) is 0 Å². The normalized spacial score (nSPS) is 20.6. The molecule has 0 aromatic heterocycles. The number of carbonyl (C=O) groups excluding carboxylic acids is 2. The molecule has 1 aliphatic rings. The molecule has 2 atom stereocenters. The Kier molecular flexibility index (Phi) is 5.79. The van der Waals surface area contributed by atoms with Gasteiger partial charge in [-0.05, 0) is 18.8 Å². The van der Waals surface area contributed by atoms with Gasteiger partial charge >= 0.3 is 12.0 Å². The predicted octanol–water partition coefficient (Wildman–Crippen LogP) is 0.250. The van der Waals surface area contributed by atoms with E-state index < -0.39 is 17.9 Å². The van der Waals surface area contributed by atoms with E-state index in [2.05, 4.69) is 5.32 Å². The number of piperidine rings is 1. The van der Waals surface area contributed by atoms with Crippen molar-refractivity contribution in [3.8, 4) is 0 Å². The molecule has 4 N–H and O–H groups in total. The maximum Gasteiger partial charge on any atom is 0.314 e. The van der Waals surface area contributed by atoms with Crippen molar-refractivity contribution in [2.24, 2.45) is 23.5 Å². The van der Waals surface area contributed by atoms with Crippen LogP contribution in [0.2, 0.25) is 0 Å². The van der Waals surface area contributed by atoms with Crippen molar-refractivity contribution in [3.05, 3.63) is 0 Å². The zero-order valence-corrected chi connectivity index (χ0v) is 12.0. The minimum absolute atomic E-state index is 0.0544. The second kappa shape index (κ2) is 7.12. The van der Waals surface area contributed by atoms with Crippen molar-refractivity contribution in [1.29, 1.82) is 0 Å². The first-order valence-electron chi connectivity index (χ1n) is 6.87. The zero-order chi connectivity index (χ0) is 15.3. The summed E-state index contributed by atoms with van der Waals surface area (Å²) >= 11 is 0. The number of hydrogen-bond acceptors (Lipinski definition) is 3. The number of amides is 3. The molecule has 0 aromatic carbocycles. The Labute approximate surface area is 118 Å². The largest absolute Gasteiger partial charge is 0.481 e. The number of rotatable bonds is 5. The number of carboxylic acid groups (broad SMARTS) is 1. The van der Waals surface area contributed by atoms with Gasteiger partial charge in [-0.1, -0.05) is 13.8 Å². The first-order chi connectivity index (χ1) is 9.32. The van der Waals surface area contributed by atoms with Crippen LogP contribution in [-0.2, 0) is 9.59 Å². The molecule has 0 radical (unpaired) electrons. The summed E-state index contributed by atoms with van der Waals surface area (Å²) in [6.07, 6.45) is 1.42. The van der Waals surface area contributed by atoms with Gasteiger partial charge in [-0.2, -0.15) is 0 Å². The fraction of sp³-hybridized carbons (Fsp3) is 0.769. The summed E-state index contributed by atoms with van der Waals surface area (Å²) in [5.41, 5.74) is 5.21. The molecular formula is C13H23N3O4. The molecule has 7 nitrogen and oxygen atoms in total. The third-order valence-electron chi connectivity index (χ3n) is 3.72. The van der Waals surface area contributed by atoms with Gasteiger partial charge in [0.1, 0.15) is 0 Å². The molecule has 20 heavy (non-hydrogen) atoms. The van der Waals surface area contributed by atoms with Crippen LogP contribution < -0.4 is 11.1 Å². The van der Waals surface area contributed by atoms with Crippen molar-refractivity contribution in [1.82, 2.24) is 10.2 Å². The molecule has 3 amide bonds. The van der Waals surface area contributed by atoms with Crippen LogP contribution in [0, 0.1) is 17.8 Å². The van der Waals surface area contributed by atoms with Gasteiger partial charge < -0.3 is 21.1 Å². The highest BCUT2D eigenvalue weighted by molar-refractivity contribution is 5.81. The molecule has 1 heterocycles. The van der Waals surface area contributed by atoms with Crippen molar-refractivity contribution in [2.45, 2.75) is 26.7 Å². The minimum Gasteiger partial charge on any atom is -0.481 e. The standard InChI is InChI=1S/C13H23N3O4/c1-8(2)10(12(18)19)6-15-11(17)9-4-3-5-16(7-9)13(14)20/h8-10H,3-7H2,1-2H3,(H2,14,20)(H,15,17)(H,18,19). The number of aliphatic carboxylic acids is 1. The van der Waals surface area contributed by atoms with Gasteiger partial charge in [0.15, 0.2) is 0 Å². The number of primary amides is 1. The fourth-order valence-corrected chi connectivity index (χ4v) is 2.35. The van der Waals surface area contributed by atoms with E-state index in [-0.39, 0.29) is 24.3 Å². The first kappa shape index (κ1) is 16.3. The maximum atomic E-state index is 12.0. The third-order valence-corrected chi connectivity index (χ3v) is 3.72. The van der Waals surface area contributed by atoms with Crippen molar-refractivity contribution >= 4 is 17.9 Å². The highest BCUT2D eigenvalue weighted by Crippen LogP contribution is 2.17. The number of hydrogen-bond donors (Lipinski definition) is 3. The summed E-state index contributed by atoms with van der Waals surface area (Å²) in [5, 5.41) is 11.7. The summed E-state index contributed by atoms with van der Waals surface area (Å²) in [7, 11) is 0. The number of nitrogens with two attached hydrogens (primary N) is 1. The Morgan fingerprint density at radius 3 is 2.55 bits per heavy atom. The molecule has 7 heteroatoms. The number of carboxylic acids is 1. The average Bonchev–Trinajstić information content (AvgIpc) is 2.38. The molecule has 0 aromatic rings. The van der Waals surface area contributed by atoms with Crippen LogP contribution in [-0.4, -0.2) is 47.5 Å². The van der Waals surface area contributed by atoms with Gasteiger partial charge in [-0.3, -0.25) is 9.59 Å². The van der Waals surface area contributed by atoms with E-state index in [1.54, 1.807) is 13.8 Å². The number of urea groups is 1. The number of nitrogens with zero attached hydrogens (tertiary/aromatic N) is 1. The molecule has 0 spiro atoms. The molecule has 0 saturated carbocycles. The summed E-state index contributed by atoms with van der Waals surface area (Å²) in [6.45, 7) is 4.60. The van der Waals surface area contributed by atoms with Crippen LogP contribution >= 0.6 is 0 Å². The highest BCUT2D eigenvalue weighted by Gasteiger charge is 2.29. The molecule has 0 bridgehead atoms. The Hall–Kier alpha value is -1.79. The van der Waals surface area contributed by atoms with Crippen LogP contribution in [0.25, 0.3) is 0 Å². The summed E-state index contributed by atoms with van der Waals surface area (Å²) in [6, 6.07) is -0.520. The Morgan fingerprint density at radius 2 is 2.05 bits per heavy atom. The van der Waals surface area contributed by atoms with Crippen molar-refractivity contribution in [2.75, 3.05) is 19.6 Å². The van der Waals surface area contributed by atoms with E-state index in [0.29, 0.717) is 19.5 Å². The van der Waals surface area contributed by atoms with Crippen LogP contribution in [0.15, 0.2) is 0 Å². The molecule has 1 fully saturated rings. The lowest BCUT2D eigenvalue weighted by molar-refractivity contribution is -0.143. The number of carbonyl (C=O) groups is 3. The van der Waals surface area contributed by atoms with E-state index in [0.717, 1.165) is 6.42 Å². The molecule has 0 aliphatic carbocycles. The van der Waals surface area contributed by atoms with Gasteiger partial charge in [0.2, 0.25) is 5.91 Å². The van der Waals surface area contributed by atoms with Gasteiger partial charge in [0.25, 0.3) is 0 Å². The summed E-state index contributed by atoms with van der Waals surface area (Å²) < 4.78 is 0. The average molecular weight is 285 g/mol. The van der Waals surface area contributed by atoms with Gasteiger partial charge in [0.05, 0.1) is 11.8 Å². The lowest BCUT2D eigenvalue weighted by atomic mass is 9.94. The monoisotopic (exact) mass is 285 g/mol.